The van der Waals surface area contributed by atoms with Crippen molar-refractivity contribution in [3.8, 4) is 16.9 Å². The largest absolute Gasteiger partial charge is 0.496 e. The zero-order valence-electron chi connectivity index (χ0n) is 9.56. The van der Waals surface area contributed by atoms with E-state index in [1.54, 1.807) is 13.2 Å². The summed E-state index contributed by atoms with van der Waals surface area (Å²) in [5.74, 6) is -0.345. The second-order valence-electron chi connectivity index (χ2n) is 3.65. The lowest BCUT2D eigenvalue weighted by Gasteiger charge is -2.06. The number of carbonyl (C=O) groups is 1. The van der Waals surface area contributed by atoms with E-state index in [1.165, 1.54) is 6.26 Å². The molecule has 0 saturated heterocycles. The molecule has 0 fully saturated rings. The van der Waals surface area contributed by atoms with Crippen LogP contribution in [0.25, 0.3) is 11.1 Å². The van der Waals surface area contributed by atoms with Crippen LogP contribution < -0.4 is 4.74 Å². The Kier molecular flexibility index (Phi) is 2.87. The third-order valence-corrected chi connectivity index (χ3v) is 2.57. The van der Waals surface area contributed by atoms with Gasteiger partial charge in [-0.05, 0) is 36.2 Å². The maximum Gasteiger partial charge on any atom is 0.372 e. The maximum absolute atomic E-state index is 10.9. The van der Waals surface area contributed by atoms with E-state index < -0.39 is 5.97 Å². The molecule has 0 aliphatic carbocycles. The summed E-state index contributed by atoms with van der Waals surface area (Å²) in [6.45, 7) is 1.91. The third-order valence-electron chi connectivity index (χ3n) is 2.57. The van der Waals surface area contributed by atoms with Crippen molar-refractivity contribution in [2.24, 2.45) is 0 Å². The van der Waals surface area contributed by atoms with E-state index in [2.05, 4.69) is 0 Å². The summed E-state index contributed by atoms with van der Waals surface area (Å²) in [4.78, 5) is 10.9. The molecule has 17 heavy (non-hydrogen) atoms. The van der Waals surface area contributed by atoms with Crippen molar-refractivity contribution in [2.45, 2.75) is 6.92 Å². The quantitative estimate of drug-likeness (QED) is 0.883. The molecule has 2 rings (SSSR count). The van der Waals surface area contributed by atoms with Crippen LogP contribution in [0.15, 0.2) is 34.9 Å². The fourth-order valence-electron chi connectivity index (χ4n) is 1.75. The van der Waals surface area contributed by atoms with Crippen molar-refractivity contribution in [1.82, 2.24) is 0 Å². The first-order valence-electron chi connectivity index (χ1n) is 5.09. The van der Waals surface area contributed by atoms with Gasteiger partial charge in [0, 0.05) is 5.56 Å². The number of hydrogen-bond donors (Lipinski definition) is 1. The summed E-state index contributed by atoms with van der Waals surface area (Å²) >= 11 is 0. The molecule has 0 spiro atoms. The van der Waals surface area contributed by atoms with E-state index >= 15 is 0 Å². The number of rotatable bonds is 3. The lowest BCUT2D eigenvalue weighted by Crippen LogP contribution is -1.96. The monoisotopic (exact) mass is 232 g/mol. The minimum absolute atomic E-state index is 0.0467. The van der Waals surface area contributed by atoms with Crippen LogP contribution >= 0.6 is 0 Å². The summed E-state index contributed by atoms with van der Waals surface area (Å²) in [5.41, 5.74) is 2.32. The molecule has 0 radical (unpaired) electrons. The zero-order valence-corrected chi connectivity index (χ0v) is 9.56. The molecule has 4 heteroatoms. The van der Waals surface area contributed by atoms with E-state index in [0.717, 1.165) is 16.9 Å². The summed E-state index contributed by atoms with van der Waals surface area (Å²) in [6, 6.07) is 7.13. The SMILES string of the molecule is COc1ccc(-c2ccoc2C(=O)O)cc1C. The van der Waals surface area contributed by atoms with Crippen LogP contribution in [-0.2, 0) is 0 Å². The molecule has 0 unspecified atom stereocenters. The van der Waals surface area contributed by atoms with E-state index in [4.69, 9.17) is 14.3 Å². The van der Waals surface area contributed by atoms with Crippen LogP contribution in [0, 0.1) is 6.92 Å². The van der Waals surface area contributed by atoms with Crippen molar-refractivity contribution in [2.75, 3.05) is 7.11 Å². The average molecular weight is 232 g/mol. The van der Waals surface area contributed by atoms with Crippen LogP contribution in [0.5, 0.6) is 5.75 Å². The minimum atomic E-state index is -1.07. The Labute approximate surface area is 98.4 Å². The van der Waals surface area contributed by atoms with Crippen LogP contribution in [0.1, 0.15) is 16.1 Å². The number of methoxy groups -OCH3 is 1. The number of carboxylic acids is 1. The van der Waals surface area contributed by atoms with Crippen molar-refractivity contribution in [3.05, 3.63) is 41.9 Å². The van der Waals surface area contributed by atoms with Gasteiger partial charge in [0.05, 0.1) is 13.4 Å². The molecule has 0 atom stereocenters. The molecule has 0 bridgehead atoms. The molecule has 0 aliphatic heterocycles. The number of ether oxygens (including phenoxy) is 1. The van der Waals surface area contributed by atoms with Crippen LogP contribution in [-0.4, -0.2) is 18.2 Å². The highest BCUT2D eigenvalue weighted by Crippen LogP contribution is 2.29. The molecule has 0 saturated carbocycles. The van der Waals surface area contributed by atoms with Gasteiger partial charge in [-0.2, -0.15) is 0 Å². The first-order chi connectivity index (χ1) is 8.13. The maximum atomic E-state index is 10.9. The van der Waals surface area contributed by atoms with Gasteiger partial charge in [0.15, 0.2) is 0 Å². The first-order valence-corrected chi connectivity index (χ1v) is 5.09. The normalized spacial score (nSPS) is 10.2. The van der Waals surface area contributed by atoms with E-state index in [1.807, 2.05) is 25.1 Å². The summed E-state index contributed by atoms with van der Waals surface area (Å²) in [6.07, 6.45) is 1.37. The van der Waals surface area contributed by atoms with Gasteiger partial charge in [-0.1, -0.05) is 6.07 Å². The smallest absolute Gasteiger partial charge is 0.372 e. The average Bonchev–Trinajstić information content (AvgIpc) is 2.77. The molecule has 1 N–H and O–H groups in total. The summed E-state index contributed by atoms with van der Waals surface area (Å²) in [5, 5.41) is 8.97. The Morgan fingerprint density at radius 1 is 1.35 bits per heavy atom. The molecule has 0 aliphatic rings. The fourth-order valence-corrected chi connectivity index (χ4v) is 1.75. The molecule has 4 nitrogen and oxygen atoms in total. The number of hydrogen-bond acceptors (Lipinski definition) is 3. The van der Waals surface area contributed by atoms with Gasteiger partial charge in [-0.25, -0.2) is 4.79 Å². The Bertz CT molecular complexity index is 554. The molecule has 1 aromatic heterocycles. The number of aromatic carboxylic acids is 1. The second kappa shape index (κ2) is 4.33. The highest BCUT2D eigenvalue weighted by molar-refractivity contribution is 5.93. The molecule has 1 aromatic carbocycles. The minimum Gasteiger partial charge on any atom is -0.496 e. The fraction of sp³-hybridized carbons (Fsp3) is 0.154. The highest BCUT2D eigenvalue weighted by Gasteiger charge is 2.15. The van der Waals surface area contributed by atoms with Crippen LogP contribution in [0.2, 0.25) is 0 Å². The van der Waals surface area contributed by atoms with Crippen molar-refractivity contribution in [3.63, 3.8) is 0 Å². The number of aryl methyl sites for hydroxylation is 1. The highest BCUT2D eigenvalue weighted by atomic mass is 16.5. The van der Waals surface area contributed by atoms with Gasteiger partial charge in [0.25, 0.3) is 0 Å². The molecular formula is C13H12O4. The molecule has 2 aromatic rings. The topological polar surface area (TPSA) is 59.7 Å². The van der Waals surface area contributed by atoms with Gasteiger partial charge in [-0.3, -0.25) is 0 Å². The predicted molar refractivity (Wildman–Crippen MR) is 62.4 cm³/mol. The standard InChI is InChI=1S/C13H12O4/c1-8-7-9(3-4-11(8)16-2)10-5-6-17-12(10)13(14)15/h3-7H,1-2H3,(H,14,15). The van der Waals surface area contributed by atoms with Gasteiger partial charge < -0.3 is 14.3 Å². The Morgan fingerprint density at radius 2 is 2.12 bits per heavy atom. The molecule has 1 heterocycles. The van der Waals surface area contributed by atoms with Gasteiger partial charge in [0.2, 0.25) is 5.76 Å². The molecular weight excluding hydrogens is 220 g/mol. The Morgan fingerprint density at radius 3 is 2.71 bits per heavy atom. The van der Waals surface area contributed by atoms with Crippen molar-refractivity contribution >= 4 is 5.97 Å². The first kappa shape index (κ1) is 11.3. The van der Waals surface area contributed by atoms with Gasteiger partial charge in [-0.15, -0.1) is 0 Å². The Balaban J connectivity index is 2.50. The van der Waals surface area contributed by atoms with Crippen molar-refractivity contribution in [1.29, 1.82) is 0 Å². The van der Waals surface area contributed by atoms with E-state index in [-0.39, 0.29) is 5.76 Å². The van der Waals surface area contributed by atoms with Gasteiger partial charge >= 0.3 is 5.97 Å². The van der Waals surface area contributed by atoms with Crippen LogP contribution in [0.4, 0.5) is 0 Å². The van der Waals surface area contributed by atoms with E-state index in [0.29, 0.717) is 5.56 Å². The lowest BCUT2D eigenvalue weighted by atomic mass is 10.0. The lowest BCUT2D eigenvalue weighted by molar-refractivity contribution is 0.0663. The molecule has 88 valence electrons. The number of carboxylic acid groups (broad SMARTS) is 1. The zero-order chi connectivity index (χ0) is 12.4. The summed E-state index contributed by atoms with van der Waals surface area (Å²) < 4.78 is 10.1. The van der Waals surface area contributed by atoms with Gasteiger partial charge in [0.1, 0.15) is 5.75 Å². The predicted octanol–water partition coefficient (Wildman–Crippen LogP) is 2.96. The third kappa shape index (κ3) is 2.01. The number of benzene rings is 1. The number of furan rings is 1. The van der Waals surface area contributed by atoms with E-state index in [9.17, 15) is 4.79 Å². The Hall–Kier alpha value is -2.23. The van der Waals surface area contributed by atoms with Crippen LogP contribution in [0.3, 0.4) is 0 Å². The van der Waals surface area contributed by atoms with Crippen molar-refractivity contribution < 1.29 is 19.1 Å². The summed E-state index contributed by atoms with van der Waals surface area (Å²) in [7, 11) is 1.60. The molecule has 0 amide bonds. The second-order valence-corrected chi connectivity index (χ2v) is 3.65.